The summed E-state index contributed by atoms with van der Waals surface area (Å²) in [5, 5.41) is 0.821. The van der Waals surface area contributed by atoms with E-state index in [0.717, 1.165) is 31.3 Å². The van der Waals surface area contributed by atoms with Gasteiger partial charge in [-0.25, -0.2) is 0 Å². The van der Waals surface area contributed by atoms with Gasteiger partial charge in [-0.3, -0.25) is 4.79 Å². The Labute approximate surface area is 112 Å². The average molecular weight is 304 g/mol. The Morgan fingerprint density at radius 1 is 1.24 bits per heavy atom. The zero-order chi connectivity index (χ0) is 12.1. The predicted molar refractivity (Wildman–Crippen MR) is 71.3 cm³/mol. The Hall–Kier alpha value is -0.0900. The van der Waals surface area contributed by atoms with Gasteiger partial charge in [0, 0.05) is 24.3 Å². The molecule has 0 aromatic heterocycles. The van der Waals surface area contributed by atoms with Crippen molar-refractivity contribution in [1.82, 2.24) is 4.90 Å². The van der Waals surface area contributed by atoms with Gasteiger partial charge in [-0.15, -0.1) is 0 Å². The third-order valence-electron chi connectivity index (χ3n) is 3.83. The molecule has 0 N–H and O–H groups in total. The van der Waals surface area contributed by atoms with E-state index in [1.807, 2.05) is 4.90 Å². The zero-order valence-corrected chi connectivity index (χ0v) is 12.0. The van der Waals surface area contributed by atoms with Gasteiger partial charge < -0.3 is 9.64 Å². The molecule has 2 aliphatic rings. The molecule has 98 valence electrons. The van der Waals surface area contributed by atoms with E-state index in [1.54, 1.807) is 0 Å². The van der Waals surface area contributed by atoms with Crippen LogP contribution >= 0.6 is 15.9 Å². The van der Waals surface area contributed by atoms with E-state index >= 15 is 0 Å². The number of hydrogen-bond acceptors (Lipinski definition) is 2. The fraction of sp³-hybridized carbons (Fsp3) is 0.923. The zero-order valence-electron chi connectivity index (χ0n) is 10.4. The number of hydrogen-bond donors (Lipinski definition) is 0. The molecule has 17 heavy (non-hydrogen) atoms. The van der Waals surface area contributed by atoms with E-state index in [0.29, 0.717) is 12.5 Å². The van der Waals surface area contributed by atoms with Gasteiger partial charge in [-0.2, -0.15) is 0 Å². The Morgan fingerprint density at radius 2 is 1.94 bits per heavy atom. The molecule has 1 aliphatic heterocycles. The second-order valence-corrected chi connectivity index (χ2v) is 5.77. The highest BCUT2D eigenvalue weighted by Crippen LogP contribution is 2.25. The summed E-state index contributed by atoms with van der Waals surface area (Å²) in [7, 11) is 0. The second kappa shape index (κ2) is 6.74. The molecule has 0 radical (unpaired) electrons. The van der Waals surface area contributed by atoms with Crippen LogP contribution in [0.25, 0.3) is 0 Å². The number of carbonyl (C=O) groups is 1. The van der Waals surface area contributed by atoms with Crippen LogP contribution in [0.5, 0.6) is 0 Å². The van der Waals surface area contributed by atoms with Gasteiger partial charge in [-0.05, 0) is 12.8 Å². The summed E-state index contributed by atoms with van der Waals surface area (Å²) in [6, 6.07) is 0. The molecule has 0 aromatic carbocycles. The number of rotatable bonds is 2. The third-order valence-corrected chi connectivity index (χ3v) is 4.55. The Morgan fingerprint density at radius 3 is 2.59 bits per heavy atom. The van der Waals surface area contributed by atoms with Gasteiger partial charge in [0.1, 0.15) is 0 Å². The van der Waals surface area contributed by atoms with Crippen molar-refractivity contribution >= 4 is 21.8 Å². The molecule has 1 unspecified atom stereocenters. The highest BCUT2D eigenvalue weighted by molar-refractivity contribution is 9.09. The van der Waals surface area contributed by atoms with E-state index in [4.69, 9.17) is 4.74 Å². The molecule has 1 aliphatic carbocycles. The maximum Gasteiger partial charge on any atom is 0.225 e. The third kappa shape index (κ3) is 3.68. The molecular weight excluding hydrogens is 282 g/mol. The molecule has 1 amide bonds. The van der Waals surface area contributed by atoms with Crippen molar-refractivity contribution in [1.29, 1.82) is 0 Å². The summed E-state index contributed by atoms with van der Waals surface area (Å²) < 4.78 is 5.58. The van der Waals surface area contributed by atoms with Crippen molar-refractivity contribution in [3.05, 3.63) is 0 Å². The number of morpholine rings is 1. The minimum absolute atomic E-state index is 0.179. The van der Waals surface area contributed by atoms with Gasteiger partial charge >= 0.3 is 0 Å². The molecule has 2 rings (SSSR count). The normalized spacial score (nSPS) is 27.8. The summed E-state index contributed by atoms with van der Waals surface area (Å²) in [6.07, 6.45) is 7.42. The summed E-state index contributed by atoms with van der Waals surface area (Å²) in [5.41, 5.74) is 0. The SMILES string of the molecule is O=C(C1CCCCCC1)N1CCOC(CBr)C1. The highest BCUT2D eigenvalue weighted by Gasteiger charge is 2.29. The first kappa shape index (κ1) is 13.3. The Kier molecular flexibility index (Phi) is 5.29. The second-order valence-electron chi connectivity index (χ2n) is 5.12. The van der Waals surface area contributed by atoms with Crippen LogP contribution in [0, 0.1) is 5.92 Å². The maximum absolute atomic E-state index is 12.4. The van der Waals surface area contributed by atoms with Crippen LogP contribution in [-0.2, 0) is 9.53 Å². The topological polar surface area (TPSA) is 29.5 Å². The van der Waals surface area contributed by atoms with Gasteiger partial charge in [0.05, 0.1) is 12.7 Å². The quantitative estimate of drug-likeness (QED) is 0.580. The van der Waals surface area contributed by atoms with Crippen LogP contribution in [0.15, 0.2) is 0 Å². The van der Waals surface area contributed by atoms with Crippen LogP contribution in [0.4, 0.5) is 0 Å². The van der Waals surface area contributed by atoms with Gasteiger partial charge in [0.25, 0.3) is 0 Å². The molecule has 1 saturated carbocycles. The van der Waals surface area contributed by atoms with Crippen molar-refractivity contribution in [2.75, 3.05) is 25.0 Å². The van der Waals surface area contributed by atoms with Gasteiger partial charge in [0.2, 0.25) is 5.91 Å². The fourth-order valence-corrected chi connectivity index (χ4v) is 3.19. The van der Waals surface area contributed by atoms with Crippen molar-refractivity contribution in [3.8, 4) is 0 Å². The smallest absolute Gasteiger partial charge is 0.225 e. The van der Waals surface area contributed by atoms with Crippen molar-refractivity contribution in [2.45, 2.75) is 44.6 Å². The number of carbonyl (C=O) groups excluding carboxylic acids is 1. The van der Waals surface area contributed by atoms with Crippen LogP contribution in [0.2, 0.25) is 0 Å². The molecule has 0 spiro atoms. The van der Waals surface area contributed by atoms with Crippen LogP contribution < -0.4 is 0 Å². The number of nitrogens with zero attached hydrogens (tertiary/aromatic N) is 1. The molecule has 1 atom stereocenters. The van der Waals surface area contributed by atoms with Crippen LogP contribution in [-0.4, -0.2) is 41.9 Å². The Balaban J connectivity index is 1.89. The molecule has 0 aromatic rings. The molecule has 0 bridgehead atoms. The Bertz CT molecular complexity index is 252. The summed E-state index contributed by atoms with van der Waals surface area (Å²) in [5.74, 6) is 0.660. The average Bonchev–Trinajstić information content (AvgIpc) is 2.67. The van der Waals surface area contributed by atoms with Crippen molar-refractivity contribution in [3.63, 3.8) is 0 Å². The molecule has 1 heterocycles. The first-order valence-electron chi connectivity index (χ1n) is 6.77. The monoisotopic (exact) mass is 303 g/mol. The largest absolute Gasteiger partial charge is 0.374 e. The van der Waals surface area contributed by atoms with Crippen molar-refractivity contribution < 1.29 is 9.53 Å². The lowest BCUT2D eigenvalue weighted by atomic mass is 9.98. The first-order valence-corrected chi connectivity index (χ1v) is 7.89. The summed E-state index contributed by atoms with van der Waals surface area (Å²) >= 11 is 3.43. The molecule has 4 heteroatoms. The van der Waals surface area contributed by atoms with Crippen LogP contribution in [0.1, 0.15) is 38.5 Å². The predicted octanol–water partition coefficient (Wildman–Crippen LogP) is 2.58. The molecule has 3 nitrogen and oxygen atoms in total. The lowest BCUT2D eigenvalue weighted by molar-refractivity contribution is -0.142. The lowest BCUT2D eigenvalue weighted by Gasteiger charge is -2.34. The number of ether oxygens (including phenoxy) is 1. The van der Waals surface area contributed by atoms with E-state index in [9.17, 15) is 4.79 Å². The maximum atomic E-state index is 12.4. The van der Waals surface area contributed by atoms with E-state index in [2.05, 4.69) is 15.9 Å². The molecule has 1 saturated heterocycles. The molecule has 2 fully saturated rings. The van der Waals surface area contributed by atoms with Crippen LogP contribution in [0.3, 0.4) is 0 Å². The number of halogens is 1. The fourth-order valence-electron chi connectivity index (χ4n) is 2.80. The minimum atomic E-state index is 0.179. The highest BCUT2D eigenvalue weighted by atomic mass is 79.9. The summed E-state index contributed by atoms with van der Waals surface area (Å²) in [6.45, 7) is 2.23. The van der Waals surface area contributed by atoms with Crippen molar-refractivity contribution in [2.24, 2.45) is 5.92 Å². The number of alkyl halides is 1. The number of amides is 1. The summed E-state index contributed by atoms with van der Waals surface area (Å²) in [4.78, 5) is 14.4. The van der Waals surface area contributed by atoms with E-state index in [1.165, 1.54) is 25.7 Å². The lowest BCUT2D eigenvalue weighted by Crippen LogP contribution is -2.48. The van der Waals surface area contributed by atoms with E-state index < -0.39 is 0 Å². The minimum Gasteiger partial charge on any atom is -0.374 e. The van der Waals surface area contributed by atoms with Gasteiger partial charge in [-0.1, -0.05) is 41.6 Å². The standard InChI is InChI=1S/C13H22BrNO2/c14-9-12-10-15(7-8-17-12)13(16)11-5-3-1-2-4-6-11/h11-12H,1-10H2. The first-order chi connectivity index (χ1) is 8.31. The molecular formula is C13H22BrNO2. The van der Waals surface area contributed by atoms with Gasteiger partial charge in [0.15, 0.2) is 0 Å². The van der Waals surface area contributed by atoms with E-state index in [-0.39, 0.29) is 12.0 Å².